The predicted molar refractivity (Wildman–Crippen MR) is 85.3 cm³/mol. The van der Waals surface area contributed by atoms with E-state index in [2.05, 4.69) is 10.5 Å². The molecule has 0 radical (unpaired) electrons. The van der Waals surface area contributed by atoms with Gasteiger partial charge in [-0.15, -0.1) is 0 Å². The Morgan fingerprint density at radius 1 is 1.10 bits per heavy atom. The maximum absolute atomic E-state index is 10.8. The van der Waals surface area contributed by atoms with Crippen LogP contribution in [0.4, 0.5) is 5.69 Å². The van der Waals surface area contributed by atoms with Crippen molar-refractivity contribution in [2.75, 3.05) is 5.43 Å². The summed E-state index contributed by atoms with van der Waals surface area (Å²) in [6.07, 6.45) is 0.766. The molecule has 0 aliphatic rings. The number of benzene rings is 2. The number of hydrazone groups is 1. The first kappa shape index (κ1) is 15.1. The number of carboxylic acids is 1. The molecule has 0 amide bonds. The molecule has 4 nitrogen and oxygen atoms in total. The molecule has 21 heavy (non-hydrogen) atoms. The standard InChI is InChI=1S/C16H15ClN2O2/c1-2-15(11-3-7-13(17)8-4-11)19-18-14-9-5-12(6-10-14)16(20)21/h3-10,18H,2H2,1H3,(H,20,21)/b19-15+. The Hall–Kier alpha value is -2.33. The first-order chi connectivity index (χ1) is 10.1. The number of carboxylic acid groups (broad SMARTS) is 1. The zero-order chi connectivity index (χ0) is 15.2. The van der Waals surface area contributed by atoms with Gasteiger partial charge in [0, 0.05) is 5.02 Å². The normalized spacial score (nSPS) is 11.2. The fourth-order valence-corrected chi connectivity index (χ4v) is 1.94. The highest BCUT2D eigenvalue weighted by atomic mass is 35.5. The molecular weight excluding hydrogens is 288 g/mol. The summed E-state index contributed by atoms with van der Waals surface area (Å²) >= 11 is 5.87. The van der Waals surface area contributed by atoms with Crippen LogP contribution in [-0.4, -0.2) is 16.8 Å². The van der Waals surface area contributed by atoms with Crippen LogP contribution in [0, 0.1) is 0 Å². The summed E-state index contributed by atoms with van der Waals surface area (Å²) in [4.78, 5) is 10.8. The Kier molecular flexibility index (Phi) is 4.95. The average Bonchev–Trinajstić information content (AvgIpc) is 2.50. The highest BCUT2D eigenvalue weighted by Crippen LogP contribution is 2.13. The molecule has 2 rings (SSSR count). The fourth-order valence-electron chi connectivity index (χ4n) is 1.81. The Morgan fingerprint density at radius 2 is 1.67 bits per heavy atom. The zero-order valence-corrected chi connectivity index (χ0v) is 12.3. The van der Waals surface area contributed by atoms with Gasteiger partial charge in [-0.05, 0) is 48.4 Å². The highest BCUT2D eigenvalue weighted by Gasteiger charge is 2.03. The molecule has 2 N–H and O–H groups in total. The van der Waals surface area contributed by atoms with Gasteiger partial charge in [-0.3, -0.25) is 5.43 Å². The number of hydrogen-bond donors (Lipinski definition) is 2. The van der Waals surface area contributed by atoms with Gasteiger partial charge in [0.25, 0.3) is 0 Å². The van der Waals surface area contributed by atoms with Crippen LogP contribution in [0.5, 0.6) is 0 Å². The minimum Gasteiger partial charge on any atom is -0.478 e. The summed E-state index contributed by atoms with van der Waals surface area (Å²) < 4.78 is 0. The van der Waals surface area contributed by atoms with E-state index in [9.17, 15) is 4.79 Å². The number of rotatable bonds is 5. The molecule has 0 bridgehead atoms. The molecule has 0 fully saturated rings. The van der Waals surface area contributed by atoms with Gasteiger partial charge in [0.2, 0.25) is 0 Å². The summed E-state index contributed by atoms with van der Waals surface area (Å²) in [5.41, 5.74) is 5.82. The quantitative estimate of drug-likeness (QED) is 0.640. The van der Waals surface area contributed by atoms with E-state index in [1.807, 2.05) is 31.2 Å². The van der Waals surface area contributed by atoms with Gasteiger partial charge < -0.3 is 5.11 Å². The summed E-state index contributed by atoms with van der Waals surface area (Å²) in [6, 6.07) is 13.9. The number of carbonyl (C=O) groups is 1. The van der Waals surface area contributed by atoms with E-state index < -0.39 is 5.97 Å². The van der Waals surface area contributed by atoms with Crippen LogP contribution < -0.4 is 5.43 Å². The zero-order valence-electron chi connectivity index (χ0n) is 11.5. The van der Waals surface area contributed by atoms with Crippen molar-refractivity contribution in [2.45, 2.75) is 13.3 Å². The molecule has 0 spiro atoms. The molecule has 0 aliphatic heterocycles. The number of hydrogen-bond acceptors (Lipinski definition) is 3. The van der Waals surface area contributed by atoms with Crippen LogP contribution in [0.3, 0.4) is 0 Å². The van der Waals surface area contributed by atoms with Crippen LogP contribution in [-0.2, 0) is 0 Å². The number of aromatic carboxylic acids is 1. The molecule has 0 saturated carbocycles. The molecule has 2 aromatic carbocycles. The molecule has 0 aliphatic carbocycles. The predicted octanol–water partition coefficient (Wildman–Crippen LogP) is 4.26. The summed E-state index contributed by atoms with van der Waals surface area (Å²) in [5, 5.41) is 13.9. The summed E-state index contributed by atoms with van der Waals surface area (Å²) in [6.45, 7) is 2.02. The van der Waals surface area contributed by atoms with E-state index >= 15 is 0 Å². The minimum atomic E-state index is -0.944. The van der Waals surface area contributed by atoms with E-state index in [4.69, 9.17) is 16.7 Å². The molecule has 0 saturated heterocycles. The van der Waals surface area contributed by atoms with Crippen LogP contribution >= 0.6 is 11.6 Å². The van der Waals surface area contributed by atoms with Gasteiger partial charge >= 0.3 is 5.97 Å². The molecular formula is C16H15ClN2O2. The van der Waals surface area contributed by atoms with E-state index in [1.165, 1.54) is 12.1 Å². The molecule has 0 unspecified atom stereocenters. The Balaban J connectivity index is 2.13. The molecule has 0 aromatic heterocycles. The Morgan fingerprint density at radius 3 is 2.19 bits per heavy atom. The minimum absolute atomic E-state index is 0.248. The van der Waals surface area contributed by atoms with Crippen LogP contribution in [0.25, 0.3) is 0 Å². The second-order valence-electron chi connectivity index (χ2n) is 4.41. The van der Waals surface area contributed by atoms with Crippen LogP contribution in [0.15, 0.2) is 53.6 Å². The van der Waals surface area contributed by atoms with Crippen molar-refractivity contribution in [3.05, 3.63) is 64.7 Å². The number of nitrogens with one attached hydrogen (secondary N) is 1. The van der Waals surface area contributed by atoms with E-state index in [-0.39, 0.29) is 5.56 Å². The van der Waals surface area contributed by atoms with Crippen molar-refractivity contribution < 1.29 is 9.90 Å². The third-order valence-electron chi connectivity index (χ3n) is 2.96. The highest BCUT2D eigenvalue weighted by molar-refractivity contribution is 6.30. The second-order valence-corrected chi connectivity index (χ2v) is 4.85. The summed E-state index contributed by atoms with van der Waals surface area (Å²) in [7, 11) is 0. The van der Waals surface area contributed by atoms with Crippen LogP contribution in [0.2, 0.25) is 5.02 Å². The maximum Gasteiger partial charge on any atom is 0.335 e. The average molecular weight is 303 g/mol. The third-order valence-corrected chi connectivity index (χ3v) is 3.22. The topological polar surface area (TPSA) is 61.7 Å². The molecule has 5 heteroatoms. The SMILES string of the molecule is CC/C(=N\Nc1ccc(C(=O)O)cc1)c1ccc(Cl)cc1. The monoisotopic (exact) mass is 302 g/mol. The second kappa shape index (κ2) is 6.90. The van der Waals surface area contributed by atoms with Crippen LogP contribution in [0.1, 0.15) is 29.3 Å². The largest absolute Gasteiger partial charge is 0.478 e. The smallest absolute Gasteiger partial charge is 0.335 e. The maximum atomic E-state index is 10.8. The lowest BCUT2D eigenvalue weighted by atomic mass is 10.1. The van der Waals surface area contributed by atoms with Crippen molar-refractivity contribution in [3.8, 4) is 0 Å². The van der Waals surface area contributed by atoms with Gasteiger partial charge in [0.05, 0.1) is 17.0 Å². The molecule has 108 valence electrons. The number of halogens is 1. The van der Waals surface area contributed by atoms with Gasteiger partial charge in [0.1, 0.15) is 0 Å². The van der Waals surface area contributed by atoms with Gasteiger partial charge in [-0.2, -0.15) is 5.10 Å². The molecule has 0 heterocycles. The van der Waals surface area contributed by atoms with Gasteiger partial charge in [0.15, 0.2) is 0 Å². The van der Waals surface area contributed by atoms with E-state index in [0.29, 0.717) is 5.02 Å². The van der Waals surface area contributed by atoms with Crippen molar-refractivity contribution in [2.24, 2.45) is 5.10 Å². The van der Waals surface area contributed by atoms with Gasteiger partial charge in [-0.25, -0.2) is 4.79 Å². The van der Waals surface area contributed by atoms with Crippen molar-refractivity contribution in [3.63, 3.8) is 0 Å². The van der Waals surface area contributed by atoms with E-state index in [0.717, 1.165) is 23.4 Å². The lowest BCUT2D eigenvalue weighted by Gasteiger charge is -2.06. The summed E-state index contributed by atoms with van der Waals surface area (Å²) in [5.74, 6) is -0.944. The van der Waals surface area contributed by atoms with Crippen molar-refractivity contribution in [1.82, 2.24) is 0 Å². The fraction of sp³-hybridized carbons (Fsp3) is 0.125. The Labute approximate surface area is 128 Å². The van der Waals surface area contributed by atoms with Crippen molar-refractivity contribution >= 4 is 29.0 Å². The van der Waals surface area contributed by atoms with E-state index in [1.54, 1.807) is 12.1 Å². The first-order valence-corrected chi connectivity index (χ1v) is 6.90. The number of anilines is 1. The lowest BCUT2D eigenvalue weighted by molar-refractivity contribution is 0.0697. The molecule has 2 aromatic rings. The Bertz CT molecular complexity index is 649. The number of nitrogens with zero attached hydrogens (tertiary/aromatic N) is 1. The molecule has 0 atom stereocenters. The van der Waals surface area contributed by atoms with Crippen molar-refractivity contribution in [1.29, 1.82) is 0 Å². The first-order valence-electron chi connectivity index (χ1n) is 6.52. The lowest BCUT2D eigenvalue weighted by Crippen LogP contribution is -2.03. The van der Waals surface area contributed by atoms with Gasteiger partial charge in [-0.1, -0.05) is 30.7 Å². The third kappa shape index (κ3) is 4.07.